The van der Waals surface area contributed by atoms with Crippen molar-refractivity contribution in [1.82, 2.24) is 9.47 Å². The van der Waals surface area contributed by atoms with E-state index in [-0.39, 0.29) is 0 Å². The highest BCUT2D eigenvalue weighted by atomic mass is 15.1. The fraction of sp³-hybridized carbons (Fsp3) is 0.524. The molecule has 23 heavy (non-hydrogen) atoms. The van der Waals surface area contributed by atoms with E-state index in [4.69, 9.17) is 0 Å². The zero-order valence-electron chi connectivity index (χ0n) is 14.9. The molecule has 0 unspecified atom stereocenters. The third-order valence-electron chi connectivity index (χ3n) is 5.36. The minimum Gasteiger partial charge on any atom is -0.348 e. The van der Waals surface area contributed by atoms with Gasteiger partial charge in [0.05, 0.1) is 0 Å². The molecule has 0 atom stereocenters. The summed E-state index contributed by atoms with van der Waals surface area (Å²) in [5, 5.41) is 0. The minimum absolute atomic E-state index is 0.737. The Morgan fingerprint density at radius 2 is 1.74 bits per heavy atom. The Morgan fingerprint density at radius 1 is 1.04 bits per heavy atom. The van der Waals surface area contributed by atoms with Crippen LogP contribution in [0.3, 0.4) is 0 Å². The molecule has 1 aromatic carbocycles. The molecule has 2 heterocycles. The van der Waals surface area contributed by atoms with Gasteiger partial charge in [0.25, 0.3) is 0 Å². The van der Waals surface area contributed by atoms with Gasteiger partial charge in [-0.1, -0.05) is 37.3 Å². The third kappa shape index (κ3) is 3.53. The Bertz CT molecular complexity index is 619. The van der Waals surface area contributed by atoms with E-state index in [9.17, 15) is 0 Å². The average Bonchev–Trinajstić information content (AvgIpc) is 2.93. The number of nitrogens with zero attached hydrogens (tertiary/aromatic N) is 2. The molecule has 0 saturated carbocycles. The van der Waals surface area contributed by atoms with Gasteiger partial charge >= 0.3 is 0 Å². The minimum atomic E-state index is 0.737. The summed E-state index contributed by atoms with van der Waals surface area (Å²) in [6.45, 7) is 8.15. The van der Waals surface area contributed by atoms with E-state index in [0.717, 1.165) is 25.3 Å². The molecule has 124 valence electrons. The largest absolute Gasteiger partial charge is 0.348 e. The van der Waals surface area contributed by atoms with Gasteiger partial charge < -0.3 is 9.47 Å². The molecular weight excluding hydrogens is 280 g/mol. The molecule has 3 rings (SSSR count). The van der Waals surface area contributed by atoms with Crippen molar-refractivity contribution in [2.45, 2.75) is 52.0 Å². The molecule has 0 aliphatic carbocycles. The molecule has 2 nitrogen and oxygen atoms in total. The van der Waals surface area contributed by atoms with Gasteiger partial charge in [-0.3, -0.25) is 0 Å². The first-order valence-electron chi connectivity index (χ1n) is 9.16. The van der Waals surface area contributed by atoms with Crippen molar-refractivity contribution in [2.75, 3.05) is 20.1 Å². The van der Waals surface area contributed by atoms with Crippen LogP contribution in [0.5, 0.6) is 0 Å². The van der Waals surface area contributed by atoms with Crippen LogP contribution in [0, 0.1) is 0 Å². The number of benzene rings is 1. The van der Waals surface area contributed by atoms with Crippen LogP contribution < -0.4 is 0 Å². The van der Waals surface area contributed by atoms with Gasteiger partial charge in [0, 0.05) is 23.9 Å². The van der Waals surface area contributed by atoms with Gasteiger partial charge in [-0.05, 0) is 69.9 Å². The van der Waals surface area contributed by atoms with Gasteiger partial charge in [0.2, 0.25) is 0 Å². The van der Waals surface area contributed by atoms with Crippen molar-refractivity contribution in [1.29, 1.82) is 0 Å². The summed E-state index contributed by atoms with van der Waals surface area (Å²) in [6, 6.07) is 13.4. The third-order valence-corrected chi connectivity index (χ3v) is 5.36. The summed E-state index contributed by atoms with van der Waals surface area (Å²) in [7, 11) is 2.24. The first kappa shape index (κ1) is 16.3. The molecule has 0 N–H and O–H groups in total. The molecule has 0 radical (unpaired) electrons. The highest BCUT2D eigenvalue weighted by Crippen LogP contribution is 2.32. The predicted octanol–water partition coefficient (Wildman–Crippen LogP) is 4.47. The molecule has 0 bridgehead atoms. The monoisotopic (exact) mass is 310 g/mol. The second-order valence-corrected chi connectivity index (χ2v) is 6.88. The smallest absolute Gasteiger partial charge is 0.0212 e. The van der Waals surface area contributed by atoms with E-state index >= 15 is 0 Å². The van der Waals surface area contributed by atoms with Crippen molar-refractivity contribution in [3.8, 4) is 0 Å². The molecule has 1 aliphatic heterocycles. The molecule has 0 amide bonds. The van der Waals surface area contributed by atoms with Crippen molar-refractivity contribution >= 4 is 0 Å². The van der Waals surface area contributed by atoms with Gasteiger partial charge in [-0.25, -0.2) is 0 Å². The van der Waals surface area contributed by atoms with Crippen LogP contribution in [0.4, 0.5) is 0 Å². The van der Waals surface area contributed by atoms with Gasteiger partial charge in [-0.15, -0.1) is 0 Å². The van der Waals surface area contributed by atoms with Crippen molar-refractivity contribution in [2.24, 2.45) is 0 Å². The lowest BCUT2D eigenvalue weighted by Crippen LogP contribution is -2.30. The van der Waals surface area contributed by atoms with E-state index in [0.29, 0.717) is 0 Å². The SMILES string of the molecule is CCc1c(Cc2ccccc2)cc(C2CCN(C)CC2)n1CC. The second kappa shape index (κ2) is 7.35. The molecule has 0 spiro atoms. The number of piperidine rings is 1. The first-order chi connectivity index (χ1) is 11.2. The predicted molar refractivity (Wildman–Crippen MR) is 98.2 cm³/mol. The van der Waals surface area contributed by atoms with Crippen molar-refractivity contribution < 1.29 is 0 Å². The van der Waals surface area contributed by atoms with E-state index in [1.807, 2.05) is 0 Å². The molecule has 2 aromatic rings. The summed E-state index contributed by atoms with van der Waals surface area (Å²) in [6.07, 6.45) is 4.79. The standard InChI is InChI=1S/C21H30N2/c1-4-20-19(15-17-9-7-6-8-10-17)16-21(23(20)5-2)18-11-13-22(3)14-12-18/h6-10,16,18H,4-5,11-15H2,1-3H3. The van der Waals surface area contributed by atoms with E-state index in [2.05, 4.69) is 66.8 Å². The summed E-state index contributed by atoms with van der Waals surface area (Å²) in [5.41, 5.74) is 6.09. The molecule has 1 saturated heterocycles. The Hall–Kier alpha value is -1.54. The highest BCUT2D eigenvalue weighted by Gasteiger charge is 2.23. The Labute approximate surface area is 141 Å². The lowest BCUT2D eigenvalue weighted by molar-refractivity contribution is 0.251. The van der Waals surface area contributed by atoms with Crippen LogP contribution >= 0.6 is 0 Å². The molecule has 2 heteroatoms. The maximum atomic E-state index is 2.61. The molecule has 1 aromatic heterocycles. The van der Waals surface area contributed by atoms with Crippen LogP contribution in [0.1, 0.15) is 55.1 Å². The number of rotatable bonds is 5. The summed E-state index contributed by atoms with van der Waals surface area (Å²) in [4.78, 5) is 2.46. The molecule has 1 fully saturated rings. The lowest BCUT2D eigenvalue weighted by Gasteiger charge is -2.30. The molecule has 1 aliphatic rings. The molecular formula is C21H30N2. The fourth-order valence-corrected chi connectivity index (χ4v) is 4.07. The van der Waals surface area contributed by atoms with Gasteiger partial charge in [0.15, 0.2) is 0 Å². The quantitative estimate of drug-likeness (QED) is 0.791. The zero-order chi connectivity index (χ0) is 16.2. The summed E-state index contributed by atoms with van der Waals surface area (Å²) < 4.78 is 2.61. The maximum absolute atomic E-state index is 2.61. The van der Waals surface area contributed by atoms with Crippen molar-refractivity contribution in [3.63, 3.8) is 0 Å². The Kier molecular flexibility index (Phi) is 5.22. The van der Waals surface area contributed by atoms with Crippen LogP contribution in [0.2, 0.25) is 0 Å². The zero-order valence-corrected chi connectivity index (χ0v) is 14.9. The highest BCUT2D eigenvalue weighted by molar-refractivity contribution is 5.35. The fourth-order valence-electron chi connectivity index (χ4n) is 4.07. The number of likely N-dealkylation sites (tertiary alicyclic amines) is 1. The van der Waals surface area contributed by atoms with Crippen molar-refractivity contribution in [3.05, 3.63) is 58.9 Å². The maximum Gasteiger partial charge on any atom is 0.0212 e. The van der Waals surface area contributed by atoms with Crippen LogP contribution in [-0.4, -0.2) is 29.6 Å². The summed E-state index contributed by atoms with van der Waals surface area (Å²) in [5.74, 6) is 0.737. The average molecular weight is 310 g/mol. The van der Waals surface area contributed by atoms with Gasteiger partial charge in [0.1, 0.15) is 0 Å². The lowest BCUT2D eigenvalue weighted by atomic mass is 9.93. The number of aromatic nitrogens is 1. The van der Waals surface area contributed by atoms with Crippen LogP contribution in [-0.2, 0) is 19.4 Å². The van der Waals surface area contributed by atoms with Crippen LogP contribution in [0.25, 0.3) is 0 Å². The Balaban J connectivity index is 1.91. The van der Waals surface area contributed by atoms with E-state index < -0.39 is 0 Å². The number of hydrogen-bond donors (Lipinski definition) is 0. The second-order valence-electron chi connectivity index (χ2n) is 6.88. The number of hydrogen-bond acceptors (Lipinski definition) is 1. The normalized spacial score (nSPS) is 16.8. The summed E-state index contributed by atoms with van der Waals surface area (Å²) >= 11 is 0. The van der Waals surface area contributed by atoms with Gasteiger partial charge in [-0.2, -0.15) is 0 Å². The van der Waals surface area contributed by atoms with E-state index in [1.165, 1.54) is 37.1 Å². The van der Waals surface area contributed by atoms with E-state index in [1.54, 1.807) is 11.4 Å². The van der Waals surface area contributed by atoms with Crippen LogP contribution in [0.15, 0.2) is 36.4 Å². The topological polar surface area (TPSA) is 8.17 Å². The Morgan fingerprint density at radius 3 is 2.35 bits per heavy atom. The first-order valence-corrected chi connectivity index (χ1v) is 9.16.